The molecule has 146 valence electrons. The lowest BCUT2D eigenvalue weighted by atomic mass is 10.2. The summed E-state index contributed by atoms with van der Waals surface area (Å²) in [5.41, 5.74) is 0.726. The summed E-state index contributed by atoms with van der Waals surface area (Å²) in [7, 11) is 0. The van der Waals surface area contributed by atoms with Gasteiger partial charge in [-0.2, -0.15) is 0 Å². The maximum Gasteiger partial charge on any atom is 0.238 e. The summed E-state index contributed by atoms with van der Waals surface area (Å²) in [4.78, 5) is 16.1. The third kappa shape index (κ3) is 6.34. The molecule has 5 nitrogen and oxygen atoms in total. The first-order valence-electron chi connectivity index (χ1n) is 9.62. The number of rotatable bonds is 10. The molecule has 2 aromatic rings. The van der Waals surface area contributed by atoms with E-state index in [1.54, 1.807) is 11.3 Å². The molecule has 1 N–H and O–H groups in total. The second-order valence-corrected chi connectivity index (χ2v) is 7.81. The summed E-state index contributed by atoms with van der Waals surface area (Å²) in [5.74, 6) is 0.689. The Kier molecular flexibility index (Phi) is 7.68. The average molecular weight is 389 g/mol. The number of carbonyl (C=O) groups excluding carboxylic acids is 1. The Bertz CT molecular complexity index is 699. The number of carbonyl (C=O) groups is 1. The Morgan fingerprint density at radius 1 is 1.33 bits per heavy atom. The Hall–Kier alpha value is -1.89. The van der Waals surface area contributed by atoms with E-state index in [4.69, 9.17) is 9.47 Å². The zero-order chi connectivity index (χ0) is 18.9. The van der Waals surface area contributed by atoms with Crippen molar-refractivity contribution in [3.8, 4) is 5.75 Å². The second kappa shape index (κ2) is 10.4. The number of thiophene rings is 1. The Morgan fingerprint density at radius 3 is 2.96 bits per heavy atom. The van der Waals surface area contributed by atoms with Crippen LogP contribution in [0.25, 0.3) is 0 Å². The van der Waals surface area contributed by atoms with Crippen LogP contribution in [0.15, 0.2) is 41.8 Å². The molecule has 6 heteroatoms. The number of hydrogen-bond donors (Lipinski definition) is 1. The third-order valence-corrected chi connectivity index (χ3v) is 5.30. The van der Waals surface area contributed by atoms with E-state index in [-0.39, 0.29) is 12.0 Å². The zero-order valence-corrected chi connectivity index (χ0v) is 16.7. The van der Waals surface area contributed by atoms with E-state index in [2.05, 4.69) is 28.6 Å². The van der Waals surface area contributed by atoms with Gasteiger partial charge in [0.25, 0.3) is 0 Å². The summed E-state index contributed by atoms with van der Waals surface area (Å²) in [6.45, 7) is 5.40. The van der Waals surface area contributed by atoms with Crippen molar-refractivity contribution in [3.05, 3.63) is 46.7 Å². The molecule has 1 fully saturated rings. The third-order valence-electron chi connectivity index (χ3n) is 4.44. The van der Waals surface area contributed by atoms with E-state index in [1.165, 1.54) is 4.88 Å². The number of nitrogens with zero attached hydrogens (tertiary/aromatic N) is 1. The zero-order valence-electron chi connectivity index (χ0n) is 15.9. The summed E-state index contributed by atoms with van der Waals surface area (Å²) < 4.78 is 11.5. The Balaban J connectivity index is 1.61. The lowest BCUT2D eigenvalue weighted by molar-refractivity contribution is -0.117. The summed E-state index contributed by atoms with van der Waals surface area (Å²) in [6, 6.07) is 11.8. The van der Waals surface area contributed by atoms with Crippen molar-refractivity contribution in [2.45, 2.75) is 38.8 Å². The molecule has 1 amide bonds. The molecule has 1 aromatic carbocycles. The number of ether oxygens (including phenoxy) is 2. The highest BCUT2D eigenvalue weighted by atomic mass is 32.1. The van der Waals surface area contributed by atoms with Gasteiger partial charge in [-0.05, 0) is 42.8 Å². The molecule has 1 aliphatic heterocycles. The van der Waals surface area contributed by atoms with Gasteiger partial charge in [-0.25, -0.2) is 0 Å². The maximum absolute atomic E-state index is 12.7. The number of nitrogens with one attached hydrogen (secondary N) is 1. The van der Waals surface area contributed by atoms with Gasteiger partial charge in [0.2, 0.25) is 5.91 Å². The lowest BCUT2D eigenvalue weighted by Crippen LogP contribution is -2.37. The van der Waals surface area contributed by atoms with Crippen LogP contribution >= 0.6 is 11.3 Å². The molecule has 1 atom stereocenters. The van der Waals surface area contributed by atoms with Crippen LogP contribution in [0.1, 0.15) is 31.1 Å². The van der Waals surface area contributed by atoms with Gasteiger partial charge in [0.15, 0.2) is 0 Å². The van der Waals surface area contributed by atoms with Crippen LogP contribution in [0.5, 0.6) is 5.75 Å². The van der Waals surface area contributed by atoms with Crippen LogP contribution < -0.4 is 10.1 Å². The molecular weight excluding hydrogens is 360 g/mol. The molecule has 1 aliphatic rings. The van der Waals surface area contributed by atoms with E-state index in [1.807, 2.05) is 30.3 Å². The summed E-state index contributed by atoms with van der Waals surface area (Å²) in [5, 5.41) is 5.08. The minimum Gasteiger partial charge on any atom is -0.491 e. The number of hydrogen-bond acceptors (Lipinski definition) is 5. The van der Waals surface area contributed by atoms with Crippen molar-refractivity contribution < 1.29 is 14.3 Å². The van der Waals surface area contributed by atoms with Gasteiger partial charge < -0.3 is 14.8 Å². The molecule has 0 radical (unpaired) electrons. The van der Waals surface area contributed by atoms with Crippen LogP contribution in [0.3, 0.4) is 0 Å². The molecule has 0 bridgehead atoms. The second-order valence-electron chi connectivity index (χ2n) is 6.78. The largest absolute Gasteiger partial charge is 0.491 e. The number of benzene rings is 1. The predicted molar refractivity (Wildman–Crippen MR) is 109 cm³/mol. The van der Waals surface area contributed by atoms with E-state index in [0.29, 0.717) is 13.2 Å². The summed E-state index contributed by atoms with van der Waals surface area (Å²) in [6.07, 6.45) is 3.32. The van der Waals surface area contributed by atoms with Gasteiger partial charge in [-0.15, -0.1) is 11.3 Å². The van der Waals surface area contributed by atoms with Crippen LogP contribution in [-0.2, 0) is 16.1 Å². The van der Waals surface area contributed by atoms with Gasteiger partial charge in [0.05, 0.1) is 24.9 Å². The lowest BCUT2D eigenvalue weighted by Gasteiger charge is -2.24. The van der Waals surface area contributed by atoms with Crippen molar-refractivity contribution in [3.63, 3.8) is 0 Å². The summed E-state index contributed by atoms with van der Waals surface area (Å²) >= 11 is 1.72. The topological polar surface area (TPSA) is 50.8 Å². The van der Waals surface area contributed by atoms with Crippen LogP contribution in [0, 0.1) is 0 Å². The molecule has 0 saturated carbocycles. The van der Waals surface area contributed by atoms with Crippen molar-refractivity contribution in [2.24, 2.45) is 0 Å². The van der Waals surface area contributed by atoms with Gasteiger partial charge in [-0.3, -0.25) is 9.69 Å². The first-order valence-corrected chi connectivity index (χ1v) is 10.5. The molecule has 3 rings (SSSR count). The molecule has 1 saturated heterocycles. The van der Waals surface area contributed by atoms with Crippen LogP contribution in [0.2, 0.25) is 0 Å². The van der Waals surface area contributed by atoms with E-state index in [0.717, 1.165) is 50.4 Å². The van der Waals surface area contributed by atoms with Crippen molar-refractivity contribution in [1.29, 1.82) is 0 Å². The fraction of sp³-hybridized carbons (Fsp3) is 0.476. The molecule has 0 spiro atoms. The van der Waals surface area contributed by atoms with Crippen LogP contribution in [0.4, 0.5) is 5.69 Å². The van der Waals surface area contributed by atoms with Gasteiger partial charge >= 0.3 is 0 Å². The van der Waals surface area contributed by atoms with Crippen molar-refractivity contribution >= 4 is 22.9 Å². The fourth-order valence-corrected chi connectivity index (χ4v) is 3.93. The van der Waals surface area contributed by atoms with E-state index in [9.17, 15) is 4.79 Å². The van der Waals surface area contributed by atoms with Crippen molar-refractivity contribution in [2.75, 3.05) is 31.6 Å². The van der Waals surface area contributed by atoms with Gasteiger partial charge in [-0.1, -0.05) is 25.1 Å². The molecule has 2 heterocycles. The SMILES string of the molecule is CCCOc1ccccc1NC(=O)CN(Cc1cccs1)CC1CCCO1. The molecular formula is C21H28N2O3S. The minimum atomic E-state index is -0.0305. The normalized spacial score (nSPS) is 16.6. The highest BCUT2D eigenvalue weighted by molar-refractivity contribution is 7.09. The first-order chi connectivity index (χ1) is 13.2. The molecule has 1 unspecified atom stereocenters. The van der Waals surface area contributed by atoms with E-state index < -0.39 is 0 Å². The van der Waals surface area contributed by atoms with Crippen molar-refractivity contribution in [1.82, 2.24) is 4.90 Å². The molecule has 0 aliphatic carbocycles. The highest BCUT2D eigenvalue weighted by Gasteiger charge is 2.21. The smallest absolute Gasteiger partial charge is 0.238 e. The number of amides is 1. The van der Waals surface area contributed by atoms with Crippen LogP contribution in [-0.4, -0.2) is 43.2 Å². The first kappa shape index (κ1) is 19.9. The Morgan fingerprint density at radius 2 is 2.22 bits per heavy atom. The monoisotopic (exact) mass is 388 g/mol. The molecule has 1 aromatic heterocycles. The Labute approximate surface area is 165 Å². The standard InChI is InChI=1S/C21H28N2O3S/c1-2-11-26-20-10-4-3-9-19(20)22-21(24)16-23(14-17-7-5-12-25-17)15-18-8-6-13-27-18/h3-4,6,8-10,13,17H,2,5,7,11-12,14-16H2,1H3,(H,22,24). The predicted octanol–water partition coefficient (Wildman–Crippen LogP) is 4.16. The number of anilines is 1. The minimum absolute atomic E-state index is 0.0305. The molecule has 27 heavy (non-hydrogen) atoms. The van der Waals surface area contributed by atoms with Gasteiger partial charge in [0, 0.05) is 24.6 Å². The fourth-order valence-electron chi connectivity index (χ4n) is 3.18. The maximum atomic E-state index is 12.7. The average Bonchev–Trinajstić information content (AvgIpc) is 3.35. The number of para-hydroxylation sites is 2. The van der Waals surface area contributed by atoms with Gasteiger partial charge in [0.1, 0.15) is 5.75 Å². The quantitative estimate of drug-likeness (QED) is 0.664. The highest BCUT2D eigenvalue weighted by Crippen LogP contribution is 2.24. The van der Waals surface area contributed by atoms with E-state index >= 15 is 0 Å².